The van der Waals surface area contributed by atoms with Gasteiger partial charge in [0, 0.05) is 24.5 Å². The maximum Gasteiger partial charge on any atom is 0.418 e. The molecule has 0 aliphatic rings. The van der Waals surface area contributed by atoms with Crippen molar-refractivity contribution in [2.75, 3.05) is 0 Å². The van der Waals surface area contributed by atoms with Crippen LogP contribution in [-0.2, 0) is 21.9 Å². The third-order valence-electron chi connectivity index (χ3n) is 3.42. The number of alkyl halides is 6. The molecule has 0 bridgehead atoms. The molecule has 0 aliphatic heterocycles. The van der Waals surface area contributed by atoms with Crippen molar-refractivity contribution in [3.05, 3.63) is 55.9 Å². The molecule has 2 heterocycles. The lowest BCUT2D eigenvalue weighted by atomic mass is 10.2. The summed E-state index contributed by atoms with van der Waals surface area (Å²) in [6.45, 7) is 0. The Hall–Kier alpha value is -4.38. The van der Waals surface area contributed by atoms with Crippen LogP contribution in [0.1, 0.15) is 17.5 Å². The Kier molecular flexibility index (Phi) is 6.79. The maximum absolute atomic E-state index is 12.6. The number of nitro groups is 2. The number of halogens is 6. The molecule has 0 unspecified atom stereocenters. The fourth-order valence-electron chi connectivity index (χ4n) is 2.02. The SMILES string of the molecule is O=C(CC(=O)Oc1ncc(C(F)(F)F)cc1[N+](=O)[O-])Oc1ncc(C(F)(F)F)cc1[N+](=O)[O-]. The van der Waals surface area contributed by atoms with Gasteiger partial charge in [0.1, 0.15) is 6.42 Å². The number of carbonyl (C=O) groups is 2. The molecular weight excluding hydrogens is 478 g/mol. The Morgan fingerprint density at radius 2 is 1.12 bits per heavy atom. The Bertz CT molecular complexity index is 1050. The molecule has 0 fully saturated rings. The Labute approximate surface area is 176 Å². The summed E-state index contributed by atoms with van der Waals surface area (Å²) in [4.78, 5) is 48.7. The van der Waals surface area contributed by atoms with Crippen LogP contribution < -0.4 is 9.47 Å². The molecular formula is C15H6F6N4O8. The number of hydrogen-bond acceptors (Lipinski definition) is 10. The number of aromatic nitrogens is 2. The van der Waals surface area contributed by atoms with E-state index in [1.54, 1.807) is 0 Å². The molecule has 0 radical (unpaired) electrons. The van der Waals surface area contributed by atoms with Crippen LogP contribution in [0.5, 0.6) is 11.8 Å². The molecule has 0 aromatic carbocycles. The number of hydrogen-bond donors (Lipinski definition) is 0. The summed E-state index contributed by atoms with van der Waals surface area (Å²) in [6, 6.07) is 0.0346. The highest BCUT2D eigenvalue weighted by Crippen LogP contribution is 2.35. The van der Waals surface area contributed by atoms with E-state index in [1.807, 2.05) is 0 Å². The van der Waals surface area contributed by atoms with Crippen LogP contribution in [0.2, 0.25) is 0 Å². The fraction of sp³-hybridized carbons (Fsp3) is 0.200. The molecule has 0 amide bonds. The van der Waals surface area contributed by atoms with Gasteiger partial charge in [-0.1, -0.05) is 0 Å². The predicted octanol–water partition coefficient (Wildman–Crippen LogP) is 3.23. The van der Waals surface area contributed by atoms with Gasteiger partial charge in [0.25, 0.3) is 0 Å². The van der Waals surface area contributed by atoms with Crippen LogP contribution in [0.25, 0.3) is 0 Å². The number of esters is 2. The van der Waals surface area contributed by atoms with Gasteiger partial charge >= 0.3 is 47.4 Å². The van der Waals surface area contributed by atoms with E-state index in [0.717, 1.165) is 0 Å². The normalized spacial score (nSPS) is 11.6. The van der Waals surface area contributed by atoms with Gasteiger partial charge in [0.2, 0.25) is 0 Å². The van der Waals surface area contributed by atoms with Crippen LogP contribution in [0.3, 0.4) is 0 Å². The zero-order valence-corrected chi connectivity index (χ0v) is 15.3. The van der Waals surface area contributed by atoms with Gasteiger partial charge in [-0.25, -0.2) is 9.97 Å². The van der Waals surface area contributed by atoms with Gasteiger partial charge in [-0.3, -0.25) is 29.8 Å². The van der Waals surface area contributed by atoms with Crippen LogP contribution >= 0.6 is 0 Å². The average molecular weight is 484 g/mol. The third-order valence-corrected chi connectivity index (χ3v) is 3.42. The minimum absolute atomic E-state index is 0.0173. The van der Waals surface area contributed by atoms with E-state index in [0.29, 0.717) is 0 Å². The minimum Gasteiger partial charge on any atom is -0.400 e. The summed E-state index contributed by atoms with van der Waals surface area (Å²) in [5.41, 5.74) is -5.80. The van der Waals surface area contributed by atoms with Gasteiger partial charge in [-0.05, 0) is 0 Å². The minimum atomic E-state index is -5.01. The summed E-state index contributed by atoms with van der Waals surface area (Å²) in [7, 11) is 0. The van der Waals surface area contributed by atoms with Gasteiger partial charge in [0.05, 0.1) is 21.0 Å². The highest BCUT2D eigenvalue weighted by molar-refractivity contribution is 5.93. The Morgan fingerprint density at radius 3 is 1.39 bits per heavy atom. The summed E-state index contributed by atoms with van der Waals surface area (Å²) in [5, 5.41) is 21.8. The monoisotopic (exact) mass is 484 g/mol. The van der Waals surface area contributed by atoms with Crippen molar-refractivity contribution in [1.29, 1.82) is 0 Å². The van der Waals surface area contributed by atoms with Crippen molar-refractivity contribution in [2.45, 2.75) is 18.8 Å². The molecule has 0 aliphatic carbocycles. The van der Waals surface area contributed by atoms with Crippen molar-refractivity contribution in [2.24, 2.45) is 0 Å². The smallest absolute Gasteiger partial charge is 0.400 e. The quantitative estimate of drug-likeness (QED) is 0.195. The number of ether oxygens (including phenoxy) is 2. The van der Waals surface area contributed by atoms with Crippen LogP contribution in [0.15, 0.2) is 24.5 Å². The topological polar surface area (TPSA) is 165 Å². The Morgan fingerprint density at radius 1 is 0.788 bits per heavy atom. The largest absolute Gasteiger partial charge is 0.418 e. The number of nitrogens with zero attached hydrogens (tertiary/aromatic N) is 4. The van der Waals surface area contributed by atoms with E-state index >= 15 is 0 Å². The fourth-order valence-corrected chi connectivity index (χ4v) is 2.02. The van der Waals surface area contributed by atoms with Crippen molar-refractivity contribution in [3.63, 3.8) is 0 Å². The van der Waals surface area contributed by atoms with Crippen LogP contribution in [-0.4, -0.2) is 31.8 Å². The predicted molar refractivity (Wildman–Crippen MR) is 87.7 cm³/mol. The second-order valence-electron chi connectivity index (χ2n) is 5.73. The third kappa shape index (κ3) is 6.31. The second kappa shape index (κ2) is 9.01. The van der Waals surface area contributed by atoms with Gasteiger partial charge in [-0.2, -0.15) is 26.3 Å². The molecule has 0 atom stereocenters. The molecule has 176 valence electrons. The molecule has 12 nitrogen and oxygen atoms in total. The van der Waals surface area contributed by atoms with Crippen molar-refractivity contribution < 1.29 is 55.3 Å². The molecule has 0 spiro atoms. The zero-order valence-electron chi connectivity index (χ0n) is 15.3. The summed E-state index contributed by atoms with van der Waals surface area (Å²) >= 11 is 0. The van der Waals surface area contributed by atoms with Crippen LogP contribution in [0, 0.1) is 20.2 Å². The maximum atomic E-state index is 12.6. The number of pyridine rings is 2. The molecule has 2 aromatic heterocycles. The van der Waals surface area contributed by atoms with Crippen molar-refractivity contribution in [1.82, 2.24) is 9.97 Å². The lowest BCUT2D eigenvalue weighted by Gasteiger charge is -2.09. The molecule has 2 aromatic rings. The highest BCUT2D eigenvalue weighted by Gasteiger charge is 2.36. The number of carbonyl (C=O) groups excluding carboxylic acids is 2. The lowest BCUT2D eigenvalue weighted by Crippen LogP contribution is -2.20. The van der Waals surface area contributed by atoms with E-state index < -0.39 is 74.8 Å². The van der Waals surface area contributed by atoms with E-state index in [-0.39, 0.29) is 24.5 Å². The first-order valence-electron chi connectivity index (χ1n) is 7.94. The highest BCUT2D eigenvalue weighted by atomic mass is 19.4. The molecule has 0 N–H and O–H groups in total. The number of rotatable bonds is 6. The van der Waals surface area contributed by atoms with Gasteiger partial charge in [0.15, 0.2) is 0 Å². The molecule has 18 heteroatoms. The standard InChI is InChI=1S/C15H6F6N4O8/c16-14(17,18)6-1-8(24(28)29)12(22-4-6)32-10(26)3-11(27)33-13-9(25(30)31)2-7(5-23-13)15(19,20)21/h1-2,4-5H,3H2. The van der Waals surface area contributed by atoms with Crippen molar-refractivity contribution in [3.8, 4) is 11.8 Å². The first-order chi connectivity index (χ1) is 15.1. The lowest BCUT2D eigenvalue weighted by molar-refractivity contribution is -0.386. The molecule has 0 saturated heterocycles. The summed E-state index contributed by atoms with van der Waals surface area (Å²) in [6.07, 6.45) is -11.2. The first kappa shape index (κ1) is 24.9. The zero-order chi connectivity index (χ0) is 25.1. The van der Waals surface area contributed by atoms with Gasteiger partial charge < -0.3 is 9.47 Å². The summed E-state index contributed by atoms with van der Waals surface area (Å²) < 4.78 is 84.5. The van der Waals surface area contributed by atoms with E-state index in [9.17, 15) is 56.2 Å². The van der Waals surface area contributed by atoms with E-state index in [1.165, 1.54) is 0 Å². The van der Waals surface area contributed by atoms with E-state index in [4.69, 9.17) is 0 Å². The molecule has 2 rings (SSSR count). The van der Waals surface area contributed by atoms with Crippen LogP contribution in [0.4, 0.5) is 37.7 Å². The van der Waals surface area contributed by atoms with Gasteiger partial charge in [-0.15, -0.1) is 0 Å². The molecule has 33 heavy (non-hydrogen) atoms. The second-order valence-corrected chi connectivity index (χ2v) is 5.73. The van der Waals surface area contributed by atoms with Crippen molar-refractivity contribution >= 4 is 23.3 Å². The average Bonchev–Trinajstić information content (AvgIpc) is 2.66. The Balaban J connectivity index is 2.17. The summed E-state index contributed by atoms with van der Waals surface area (Å²) in [5.74, 6) is -5.70. The van der Waals surface area contributed by atoms with E-state index in [2.05, 4.69) is 19.4 Å². The first-order valence-corrected chi connectivity index (χ1v) is 7.94. The molecule has 0 saturated carbocycles.